The lowest BCUT2D eigenvalue weighted by Crippen LogP contribution is -2.35. The molecule has 2 N–H and O–H groups in total. The average Bonchev–Trinajstić information content (AvgIpc) is 3.33. The summed E-state index contributed by atoms with van der Waals surface area (Å²) in [5.41, 5.74) is 0.596. The molecular formula is C17H17N5O2. The SMILES string of the molecule is Cn1ccnc1C(NC(=O)c1nc2ccccc2[nH]c1=O)C1CC1. The van der Waals surface area contributed by atoms with Gasteiger partial charge < -0.3 is 14.9 Å². The molecule has 3 aromatic rings. The van der Waals surface area contributed by atoms with E-state index in [9.17, 15) is 9.59 Å². The number of aryl methyl sites for hydroxylation is 1. The summed E-state index contributed by atoms with van der Waals surface area (Å²) in [5.74, 6) is 0.680. The van der Waals surface area contributed by atoms with Crippen LogP contribution in [0.4, 0.5) is 0 Å². The largest absolute Gasteiger partial charge is 0.340 e. The Morgan fingerprint density at radius 2 is 2.17 bits per heavy atom. The van der Waals surface area contributed by atoms with Crippen LogP contribution in [0.5, 0.6) is 0 Å². The Labute approximate surface area is 137 Å². The number of carbonyl (C=O) groups excluding carboxylic acids is 1. The van der Waals surface area contributed by atoms with E-state index in [0.29, 0.717) is 17.0 Å². The molecule has 2 heterocycles. The third-order valence-corrected chi connectivity index (χ3v) is 4.33. The predicted octanol–water partition coefficient (Wildman–Crippen LogP) is 1.54. The maximum Gasteiger partial charge on any atom is 0.280 e. The van der Waals surface area contributed by atoms with Gasteiger partial charge in [-0.2, -0.15) is 0 Å². The predicted molar refractivity (Wildman–Crippen MR) is 88.5 cm³/mol. The van der Waals surface area contributed by atoms with Gasteiger partial charge >= 0.3 is 0 Å². The number of para-hydroxylation sites is 2. The van der Waals surface area contributed by atoms with Crippen LogP contribution >= 0.6 is 0 Å². The molecule has 0 saturated heterocycles. The molecule has 1 aliphatic rings. The Morgan fingerprint density at radius 3 is 2.88 bits per heavy atom. The van der Waals surface area contributed by atoms with Crippen LogP contribution in [0.25, 0.3) is 11.0 Å². The van der Waals surface area contributed by atoms with Crippen LogP contribution in [0, 0.1) is 5.92 Å². The summed E-state index contributed by atoms with van der Waals surface area (Å²) < 4.78 is 1.89. The highest BCUT2D eigenvalue weighted by Gasteiger charge is 2.36. The van der Waals surface area contributed by atoms with E-state index in [1.54, 1.807) is 18.3 Å². The quantitative estimate of drug-likeness (QED) is 0.761. The molecule has 7 nitrogen and oxygen atoms in total. The van der Waals surface area contributed by atoms with E-state index in [4.69, 9.17) is 0 Å². The molecule has 7 heteroatoms. The van der Waals surface area contributed by atoms with Gasteiger partial charge in [0.05, 0.1) is 17.1 Å². The number of amides is 1. The Balaban J connectivity index is 1.67. The van der Waals surface area contributed by atoms with E-state index < -0.39 is 11.5 Å². The lowest BCUT2D eigenvalue weighted by atomic mass is 10.1. The second kappa shape index (κ2) is 5.59. The van der Waals surface area contributed by atoms with Crippen LogP contribution in [0.3, 0.4) is 0 Å². The van der Waals surface area contributed by atoms with Gasteiger partial charge in [-0.25, -0.2) is 9.97 Å². The number of rotatable bonds is 4. The summed E-state index contributed by atoms with van der Waals surface area (Å²) in [6.07, 6.45) is 5.63. The van der Waals surface area contributed by atoms with Crippen molar-refractivity contribution in [3.63, 3.8) is 0 Å². The van der Waals surface area contributed by atoms with E-state index in [-0.39, 0.29) is 11.7 Å². The van der Waals surface area contributed by atoms with Crippen molar-refractivity contribution >= 4 is 16.9 Å². The van der Waals surface area contributed by atoms with Crippen molar-refractivity contribution in [3.8, 4) is 0 Å². The second-order valence-corrected chi connectivity index (χ2v) is 6.12. The smallest absolute Gasteiger partial charge is 0.280 e. The summed E-state index contributed by atoms with van der Waals surface area (Å²) in [6.45, 7) is 0. The summed E-state index contributed by atoms with van der Waals surface area (Å²) in [6, 6.07) is 6.94. The molecule has 1 aliphatic carbocycles. The summed E-state index contributed by atoms with van der Waals surface area (Å²) in [5, 5.41) is 2.94. The Morgan fingerprint density at radius 1 is 1.38 bits per heavy atom. The Kier molecular flexibility index (Phi) is 3.41. The van der Waals surface area contributed by atoms with E-state index in [2.05, 4.69) is 20.3 Å². The van der Waals surface area contributed by atoms with Gasteiger partial charge in [-0.05, 0) is 30.9 Å². The molecular weight excluding hydrogens is 306 g/mol. The van der Waals surface area contributed by atoms with Gasteiger partial charge in [-0.1, -0.05) is 12.1 Å². The minimum atomic E-state index is -0.486. The van der Waals surface area contributed by atoms with Crippen LogP contribution in [-0.2, 0) is 7.05 Å². The molecule has 1 unspecified atom stereocenters. The van der Waals surface area contributed by atoms with Crippen molar-refractivity contribution in [1.29, 1.82) is 0 Å². The second-order valence-electron chi connectivity index (χ2n) is 6.12. The zero-order chi connectivity index (χ0) is 16.7. The van der Waals surface area contributed by atoms with E-state index in [1.807, 2.05) is 29.9 Å². The zero-order valence-electron chi connectivity index (χ0n) is 13.2. The van der Waals surface area contributed by atoms with Crippen molar-refractivity contribution in [3.05, 3.63) is 58.5 Å². The maximum atomic E-state index is 12.6. The number of aromatic nitrogens is 4. The first-order valence-electron chi connectivity index (χ1n) is 7.90. The number of aromatic amines is 1. The highest BCUT2D eigenvalue weighted by Crippen LogP contribution is 2.40. The highest BCUT2D eigenvalue weighted by molar-refractivity contribution is 5.93. The van der Waals surface area contributed by atoms with Crippen molar-refractivity contribution in [2.45, 2.75) is 18.9 Å². The number of benzene rings is 1. The number of fused-ring (bicyclic) bond motifs is 1. The molecule has 1 saturated carbocycles. The minimum Gasteiger partial charge on any atom is -0.340 e. The van der Waals surface area contributed by atoms with Crippen molar-refractivity contribution in [2.24, 2.45) is 13.0 Å². The first kappa shape index (κ1) is 14.6. The van der Waals surface area contributed by atoms with Crippen LogP contribution in [0.15, 0.2) is 41.5 Å². The summed E-state index contributed by atoms with van der Waals surface area (Å²) >= 11 is 0. The van der Waals surface area contributed by atoms with Gasteiger partial charge in [0.2, 0.25) is 0 Å². The monoisotopic (exact) mass is 323 g/mol. The fraction of sp³-hybridized carbons (Fsp3) is 0.294. The zero-order valence-corrected chi connectivity index (χ0v) is 13.2. The first-order valence-corrected chi connectivity index (χ1v) is 7.90. The van der Waals surface area contributed by atoms with Crippen LogP contribution in [0.2, 0.25) is 0 Å². The summed E-state index contributed by atoms with van der Waals surface area (Å²) in [7, 11) is 1.89. The fourth-order valence-electron chi connectivity index (χ4n) is 2.89. The minimum absolute atomic E-state index is 0.117. The number of nitrogens with zero attached hydrogens (tertiary/aromatic N) is 3. The van der Waals surface area contributed by atoms with Gasteiger partial charge in [0.15, 0.2) is 5.69 Å². The molecule has 1 atom stereocenters. The first-order chi connectivity index (χ1) is 11.6. The third kappa shape index (κ3) is 2.58. The van der Waals surface area contributed by atoms with Crippen molar-refractivity contribution in [1.82, 2.24) is 24.8 Å². The molecule has 0 aliphatic heterocycles. The molecule has 1 fully saturated rings. The topological polar surface area (TPSA) is 92.7 Å². The number of hydrogen-bond donors (Lipinski definition) is 2. The van der Waals surface area contributed by atoms with Crippen molar-refractivity contribution < 1.29 is 4.79 Å². The maximum absolute atomic E-state index is 12.6. The van der Waals surface area contributed by atoms with Gasteiger partial charge in [0.25, 0.3) is 11.5 Å². The molecule has 0 bridgehead atoms. The van der Waals surface area contributed by atoms with Crippen LogP contribution in [0.1, 0.15) is 35.2 Å². The van der Waals surface area contributed by atoms with Gasteiger partial charge in [0.1, 0.15) is 5.82 Å². The van der Waals surface area contributed by atoms with Gasteiger partial charge in [-0.15, -0.1) is 0 Å². The van der Waals surface area contributed by atoms with Crippen LogP contribution in [-0.4, -0.2) is 25.4 Å². The molecule has 1 aromatic carbocycles. The number of imidazole rings is 1. The van der Waals surface area contributed by atoms with Crippen LogP contribution < -0.4 is 10.9 Å². The lowest BCUT2D eigenvalue weighted by Gasteiger charge is -2.17. The Bertz CT molecular complexity index is 970. The molecule has 0 spiro atoms. The average molecular weight is 323 g/mol. The number of carbonyl (C=O) groups is 1. The number of H-pyrrole nitrogens is 1. The molecule has 24 heavy (non-hydrogen) atoms. The molecule has 1 amide bonds. The molecule has 122 valence electrons. The molecule has 4 rings (SSSR count). The van der Waals surface area contributed by atoms with Crippen molar-refractivity contribution in [2.75, 3.05) is 0 Å². The van der Waals surface area contributed by atoms with E-state index in [1.165, 1.54) is 0 Å². The Hall–Kier alpha value is -2.96. The summed E-state index contributed by atoms with van der Waals surface area (Å²) in [4.78, 5) is 36.1. The lowest BCUT2D eigenvalue weighted by molar-refractivity contribution is 0.0922. The number of nitrogens with one attached hydrogen (secondary N) is 2. The third-order valence-electron chi connectivity index (χ3n) is 4.33. The molecule has 2 aromatic heterocycles. The van der Waals surface area contributed by atoms with Gasteiger partial charge in [0, 0.05) is 19.4 Å². The van der Waals surface area contributed by atoms with E-state index in [0.717, 1.165) is 18.7 Å². The standard InChI is InChI=1S/C17H17N5O2/c1-22-9-8-18-15(22)13(10-6-7-10)21-17(24)14-16(23)20-12-5-3-2-4-11(12)19-14/h2-5,8-10,13H,6-7H2,1H3,(H,20,23)(H,21,24). The fourth-order valence-corrected chi connectivity index (χ4v) is 2.89. The van der Waals surface area contributed by atoms with E-state index >= 15 is 0 Å². The number of hydrogen-bond acceptors (Lipinski definition) is 4. The normalized spacial score (nSPS) is 15.4. The van der Waals surface area contributed by atoms with Gasteiger partial charge in [-0.3, -0.25) is 9.59 Å². The molecule has 0 radical (unpaired) electrons. The highest BCUT2D eigenvalue weighted by atomic mass is 16.2.